The third-order valence-corrected chi connectivity index (χ3v) is 6.57. The van der Waals surface area contributed by atoms with E-state index in [2.05, 4.69) is 5.32 Å². The number of amides is 4. The van der Waals surface area contributed by atoms with Crippen molar-refractivity contribution in [3.05, 3.63) is 48.0 Å². The molecule has 1 saturated carbocycles. The van der Waals surface area contributed by atoms with Gasteiger partial charge in [-0.05, 0) is 43.0 Å². The Morgan fingerprint density at radius 1 is 1.10 bits per heavy atom. The molecule has 0 radical (unpaired) electrons. The standard InChI is InChI=1S/C24H29N3O3/c1-3-26(18-12-5-4-6-13-18)21(28)16-27-22(29)24(2,25-23(27)30)20-15-9-11-17-10-7-8-14-19(17)20/h7-11,14-15,18H,3-6,12-13,16H2,1-2H3,(H,25,30). The lowest BCUT2D eigenvalue weighted by Gasteiger charge is -2.34. The SMILES string of the molecule is CCN(C(=O)CN1C(=O)NC(C)(c2cccc3ccccc23)C1=O)C1CCCCC1. The number of carbonyl (C=O) groups excluding carboxylic acids is 3. The molecule has 0 spiro atoms. The van der Waals surface area contributed by atoms with Gasteiger partial charge in [0.25, 0.3) is 5.91 Å². The molecule has 2 fully saturated rings. The summed E-state index contributed by atoms with van der Waals surface area (Å²) in [5.41, 5.74) is -0.450. The molecule has 6 heteroatoms. The molecule has 1 atom stereocenters. The number of hydrogen-bond donors (Lipinski definition) is 1. The van der Waals surface area contributed by atoms with Crippen LogP contribution in [-0.4, -0.2) is 46.8 Å². The Morgan fingerprint density at radius 2 is 1.80 bits per heavy atom. The number of carbonyl (C=O) groups is 3. The Hall–Kier alpha value is -2.89. The van der Waals surface area contributed by atoms with Crippen LogP contribution in [0, 0.1) is 0 Å². The van der Waals surface area contributed by atoms with Gasteiger partial charge in [-0.2, -0.15) is 0 Å². The highest BCUT2D eigenvalue weighted by Gasteiger charge is 2.50. The van der Waals surface area contributed by atoms with Crippen LogP contribution in [0.5, 0.6) is 0 Å². The van der Waals surface area contributed by atoms with E-state index in [4.69, 9.17) is 0 Å². The summed E-state index contributed by atoms with van der Waals surface area (Å²) < 4.78 is 0. The van der Waals surface area contributed by atoms with Crippen LogP contribution >= 0.6 is 0 Å². The zero-order valence-corrected chi connectivity index (χ0v) is 17.7. The molecule has 0 bridgehead atoms. The van der Waals surface area contributed by atoms with E-state index in [0.29, 0.717) is 6.54 Å². The number of benzene rings is 2. The lowest BCUT2D eigenvalue weighted by atomic mass is 9.88. The second-order valence-electron chi connectivity index (χ2n) is 8.44. The van der Waals surface area contributed by atoms with Crippen LogP contribution in [0.3, 0.4) is 0 Å². The Labute approximate surface area is 177 Å². The molecule has 4 amide bonds. The lowest BCUT2D eigenvalue weighted by molar-refractivity contribution is -0.140. The quantitative estimate of drug-likeness (QED) is 0.767. The van der Waals surface area contributed by atoms with Crippen LogP contribution < -0.4 is 5.32 Å². The van der Waals surface area contributed by atoms with Crippen molar-refractivity contribution in [2.24, 2.45) is 0 Å². The van der Waals surface area contributed by atoms with Crippen LogP contribution in [0.15, 0.2) is 42.5 Å². The van der Waals surface area contributed by atoms with Gasteiger partial charge in [-0.1, -0.05) is 61.7 Å². The molecular formula is C24H29N3O3. The lowest BCUT2D eigenvalue weighted by Crippen LogP contribution is -2.48. The highest BCUT2D eigenvalue weighted by molar-refractivity contribution is 6.10. The second-order valence-corrected chi connectivity index (χ2v) is 8.44. The fraction of sp³-hybridized carbons (Fsp3) is 0.458. The molecule has 1 N–H and O–H groups in total. The summed E-state index contributed by atoms with van der Waals surface area (Å²) in [5.74, 6) is -0.535. The number of urea groups is 1. The van der Waals surface area contributed by atoms with Crippen LogP contribution in [0.2, 0.25) is 0 Å². The first-order chi connectivity index (χ1) is 14.5. The Balaban J connectivity index is 1.58. The van der Waals surface area contributed by atoms with Crippen molar-refractivity contribution in [1.82, 2.24) is 15.1 Å². The normalized spacial score (nSPS) is 22.4. The van der Waals surface area contributed by atoms with Gasteiger partial charge in [0.05, 0.1) is 0 Å². The van der Waals surface area contributed by atoms with E-state index in [1.807, 2.05) is 54.3 Å². The molecule has 6 nitrogen and oxygen atoms in total. The van der Waals surface area contributed by atoms with Crippen LogP contribution in [0.25, 0.3) is 10.8 Å². The first-order valence-corrected chi connectivity index (χ1v) is 10.9. The van der Waals surface area contributed by atoms with E-state index in [0.717, 1.165) is 46.9 Å². The minimum absolute atomic E-state index is 0.157. The summed E-state index contributed by atoms with van der Waals surface area (Å²) in [4.78, 5) is 42.1. The van der Waals surface area contributed by atoms with Gasteiger partial charge in [0, 0.05) is 12.6 Å². The molecule has 2 aliphatic rings. The van der Waals surface area contributed by atoms with E-state index >= 15 is 0 Å². The molecule has 4 rings (SSSR count). The Morgan fingerprint density at radius 3 is 2.53 bits per heavy atom. The highest BCUT2D eigenvalue weighted by Crippen LogP contribution is 2.34. The number of hydrogen-bond acceptors (Lipinski definition) is 3. The predicted octanol–water partition coefficient (Wildman–Crippen LogP) is 3.79. The summed E-state index contributed by atoms with van der Waals surface area (Å²) in [6, 6.07) is 13.2. The molecule has 30 heavy (non-hydrogen) atoms. The number of imide groups is 1. The molecule has 1 unspecified atom stereocenters. The predicted molar refractivity (Wildman–Crippen MR) is 116 cm³/mol. The van der Waals surface area contributed by atoms with Gasteiger partial charge < -0.3 is 10.2 Å². The minimum atomic E-state index is -1.19. The summed E-state index contributed by atoms with van der Waals surface area (Å²) in [6.07, 6.45) is 5.44. The number of rotatable bonds is 5. The van der Waals surface area contributed by atoms with Crippen molar-refractivity contribution in [3.63, 3.8) is 0 Å². The first-order valence-electron chi connectivity index (χ1n) is 10.9. The van der Waals surface area contributed by atoms with Gasteiger partial charge in [0.2, 0.25) is 5.91 Å². The second kappa shape index (κ2) is 8.09. The van der Waals surface area contributed by atoms with Gasteiger partial charge in [0.15, 0.2) is 0 Å². The average molecular weight is 408 g/mol. The first kappa shape index (κ1) is 20.4. The molecule has 1 aliphatic heterocycles. The average Bonchev–Trinajstić information content (AvgIpc) is 2.98. The monoisotopic (exact) mass is 407 g/mol. The van der Waals surface area contributed by atoms with Crippen molar-refractivity contribution in [2.45, 2.75) is 57.5 Å². The summed E-state index contributed by atoms with van der Waals surface area (Å²) >= 11 is 0. The van der Waals surface area contributed by atoms with Crippen molar-refractivity contribution in [3.8, 4) is 0 Å². The fourth-order valence-corrected chi connectivity index (χ4v) is 4.94. The van der Waals surface area contributed by atoms with Crippen LogP contribution in [0.4, 0.5) is 4.79 Å². The van der Waals surface area contributed by atoms with E-state index in [1.54, 1.807) is 6.92 Å². The molecule has 158 valence electrons. The van der Waals surface area contributed by atoms with Gasteiger partial charge in [0.1, 0.15) is 12.1 Å². The topological polar surface area (TPSA) is 69.7 Å². The number of likely N-dealkylation sites (N-methyl/N-ethyl adjacent to an activating group) is 1. The molecule has 1 saturated heterocycles. The molecule has 1 heterocycles. The minimum Gasteiger partial charge on any atom is -0.338 e. The zero-order chi connectivity index (χ0) is 21.3. The maximum absolute atomic E-state index is 13.4. The zero-order valence-electron chi connectivity index (χ0n) is 17.7. The van der Waals surface area contributed by atoms with E-state index in [9.17, 15) is 14.4 Å². The number of fused-ring (bicyclic) bond motifs is 1. The summed E-state index contributed by atoms with van der Waals surface area (Å²) in [7, 11) is 0. The van der Waals surface area contributed by atoms with Gasteiger partial charge >= 0.3 is 6.03 Å². The van der Waals surface area contributed by atoms with Crippen LogP contribution in [0.1, 0.15) is 51.5 Å². The maximum atomic E-state index is 13.4. The van der Waals surface area contributed by atoms with Gasteiger partial charge in [-0.25, -0.2) is 4.79 Å². The van der Waals surface area contributed by atoms with E-state index in [1.165, 1.54) is 6.42 Å². The number of nitrogens with one attached hydrogen (secondary N) is 1. The maximum Gasteiger partial charge on any atom is 0.325 e. The number of nitrogens with zero attached hydrogens (tertiary/aromatic N) is 2. The molecule has 1 aliphatic carbocycles. The third-order valence-electron chi connectivity index (χ3n) is 6.57. The van der Waals surface area contributed by atoms with Crippen molar-refractivity contribution < 1.29 is 14.4 Å². The summed E-state index contributed by atoms with van der Waals surface area (Å²) in [5, 5.41) is 4.77. The molecule has 0 aromatic heterocycles. The van der Waals surface area contributed by atoms with Crippen molar-refractivity contribution in [2.75, 3.05) is 13.1 Å². The van der Waals surface area contributed by atoms with Gasteiger partial charge in [-0.3, -0.25) is 14.5 Å². The van der Waals surface area contributed by atoms with Crippen molar-refractivity contribution in [1.29, 1.82) is 0 Å². The largest absolute Gasteiger partial charge is 0.338 e. The Kier molecular flexibility index (Phi) is 5.50. The molecule has 2 aromatic carbocycles. The Bertz CT molecular complexity index is 977. The van der Waals surface area contributed by atoms with Crippen molar-refractivity contribution >= 4 is 28.6 Å². The smallest absolute Gasteiger partial charge is 0.325 e. The van der Waals surface area contributed by atoms with Crippen LogP contribution in [-0.2, 0) is 15.1 Å². The third kappa shape index (κ3) is 3.44. The van der Waals surface area contributed by atoms with E-state index < -0.39 is 11.6 Å². The van der Waals surface area contributed by atoms with Gasteiger partial charge in [-0.15, -0.1) is 0 Å². The van der Waals surface area contributed by atoms with E-state index in [-0.39, 0.29) is 24.4 Å². The molecule has 2 aromatic rings. The molecular weight excluding hydrogens is 378 g/mol. The summed E-state index contributed by atoms with van der Waals surface area (Å²) in [6.45, 7) is 4.06. The fourth-order valence-electron chi connectivity index (χ4n) is 4.94. The highest BCUT2D eigenvalue weighted by atomic mass is 16.2.